The summed E-state index contributed by atoms with van der Waals surface area (Å²) < 4.78 is 3.17. The molecule has 0 spiro atoms. The quantitative estimate of drug-likeness (QED) is 0.802. The van der Waals surface area contributed by atoms with E-state index >= 15 is 0 Å². The van der Waals surface area contributed by atoms with Crippen LogP contribution < -0.4 is 5.73 Å². The predicted octanol–water partition coefficient (Wildman–Crippen LogP) is 3.62. The van der Waals surface area contributed by atoms with Crippen molar-refractivity contribution in [1.29, 1.82) is 0 Å². The fourth-order valence-electron chi connectivity index (χ4n) is 2.22. The maximum absolute atomic E-state index is 5.99. The van der Waals surface area contributed by atoms with Crippen molar-refractivity contribution < 1.29 is 0 Å². The minimum atomic E-state index is 0.582. The Morgan fingerprint density at radius 2 is 1.79 bits per heavy atom. The minimum Gasteiger partial charge on any atom is -0.369 e. The van der Waals surface area contributed by atoms with Crippen LogP contribution in [0.3, 0.4) is 0 Å². The van der Waals surface area contributed by atoms with Crippen LogP contribution in [0.1, 0.15) is 5.56 Å². The lowest BCUT2D eigenvalue weighted by Gasteiger charge is -2.06. The molecule has 3 aromatic rings. The number of hydrogen-bond donors (Lipinski definition) is 1. The molecule has 0 aliphatic heterocycles. The van der Waals surface area contributed by atoms with E-state index < -0.39 is 0 Å². The molecule has 0 saturated heterocycles. The number of rotatable bonds is 3. The highest BCUT2D eigenvalue weighted by atomic mass is 79.9. The van der Waals surface area contributed by atoms with E-state index in [4.69, 9.17) is 5.73 Å². The van der Waals surface area contributed by atoms with E-state index in [1.54, 1.807) is 0 Å². The van der Waals surface area contributed by atoms with Crippen molar-refractivity contribution in [3.8, 4) is 0 Å². The Morgan fingerprint density at radius 3 is 2.58 bits per heavy atom. The van der Waals surface area contributed by atoms with Gasteiger partial charge in [0.1, 0.15) is 0 Å². The van der Waals surface area contributed by atoms with Gasteiger partial charge in [-0.1, -0.05) is 40.2 Å². The number of para-hydroxylation sites is 2. The summed E-state index contributed by atoms with van der Waals surface area (Å²) >= 11 is 3.44. The molecule has 1 heterocycles. The van der Waals surface area contributed by atoms with Crippen molar-refractivity contribution in [2.24, 2.45) is 0 Å². The van der Waals surface area contributed by atoms with Crippen LogP contribution in [-0.2, 0) is 13.0 Å². The molecule has 3 rings (SSSR count). The van der Waals surface area contributed by atoms with E-state index in [2.05, 4.69) is 55.8 Å². The van der Waals surface area contributed by atoms with E-state index in [1.807, 2.05) is 18.2 Å². The summed E-state index contributed by atoms with van der Waals surface area (Å²) in [5.41, 5.74) is 9.33. The smallest absolute Gasteiger partial charge is 0.201 e. The topological polar surface area (TPSA) is 43.8 Å². The van der Waals surface area contributed by atoms with Crippen molar-refractivity contribution in [2.75, 3.05) is 5.73 Å². The highest BCUT2D eigenvalue weighted by Crippen LogP contribution is 2.18. The second kappa shape index (κ2) is 5.05. The molecule has 96 valence electrons. The van der Waals surface area contributed by atoms with Gasteiger partial charge < -0.3 is 10.3 Å². The van der Waals surface area contributed by atoms with Crippen LogP contribution in [0, 0.1) is 0 Å². The van der Waals surface area contributed by atoms with Gasteiger partial charge in [-0.3, -0.25) is 0 Å². The molecule has 0 amide bonds. The highest BCUT2D eigenvalue weighted by Gasteiger charge is 2.06. The van der Waals surface area contributed by atoms with Gasteiger partial charge in [0.05, 0.1) is 11.0 Å². The molecule has 0 saturated carbocycles. The zero-order valence-corrected chi connectivity index (χ0v) is 12.0. The molecule has 4 heteroatoms. The van der Waals surface area contributed by atoms with Crippen LogP contribution in [0.4, 0.5) is 5.95 Å². The number of aryl methyl sites for hydroxylation is 2. The highest BCUT2D eigenvalue weighted by molar-refractivity contribution is 9.10. The summed E-state index contributed by atoms with van der Waals surface area (Å²) in [5, 5.41) is 0. The molecular formula is C15H14BrN3. The van der Waals surface area contributed by atoms with Crippen molar-refractivity contribution in [2.45, 2.75) is 13.0 Å². The van der Waals surface area contributed by atoms with Crippen molar-refractivity contribution in [3.63, 3.8) is 0 Å². The van der Waals surface area contributed by atoms with Crippen molar-refractivity contribution in [1.82, 2.24) is 9.55 Å². The van der Waals surface area contributed by atoms with Crippen LogP contribution in [0.2, 0.25) is 0 Å². The molecule has 3 nitrogen and oxygen atoms in total. The average Bonchev–Trinajstić information content (AvgIpc) is 2.74. The number of nitrogens with two attached hydrogens (primary N) is 1. The first-order valence-corrected chi connectivity index (χ1v) is 6.98. The van der Waals surface area contributed by atoms with Crippen LogP contribution in [-0.4, -0.2) is 9.55 Å². The van der Waals surface area contributed by atoms with Gasteiger partial charge in [-0.05, 0) is 36.2 Å². The summed E-state index contributed by atoms with van der Waals surface area (Å²) in [7, 11) is 0. The summed E-state index contributed by atoms with van der Waals surface area (Å²) in [5.74, 6) is 0.582. The van der Waals surface area contributed by atoms with E-state index in [1.165, 1.54) is 5.56 Å². The van der Waals surface area contributed by atoms with E-state index in [9.17, 15) is 0 Å². The normalized spacial score (nSPS) is 11.0. The standard InChI is InChI=1S/C15H14BrN3/c16-12-7-5-11(6-8-12)9-10-19-14-4-2-1-3-13(14)18-15(19)17/h1-8H,9-10H2,(H2,17,18). The molecule has 0 aliphatic rings. The summed E-state index contributed by atoms with van der Waals surface area (Å²) in [6.07, 6.45) is 0.942. The lowest BCUT2D eigenvalue weighted by Crippen LogP contribution is -2.05. The van der Waals surface area contributed by atoms with Gasteiger partial charge in [-0.2, -0.15) is 0 Å². The third-order valence-corrected chi connectivity index (χ3v) is 3.75. The molecule has 19 heavy (non-hydrogen) atoms. The molecule has 1 aromatic heterocycles. The number of nitrogens with zero attached hydrogens (tertiary/aromatic N) is 2. The van der Waals surface area contributed by atoms with Crippen LogP contribution in [0.15, 0.2) is 53.0 Å². The molecule has 0 unspecified atom stereocenters. The Labute approximate surface area is 120 Å². The SMILES string of the molecule is Nc1nc2ccccc2n1CCc1ccc(Br)cc1. The van der Waals surface area contributed by atoms with Crippen LogP contribution in [0.25, 0.3) is 11.0 Å². The molecule has 0 fully saturated rings. The van der Waals surface area contributed by atoms with Crippen LogP contribution in [0.5, 0.6) is 0 Å². The molecule has 0 atom stereocenters. The Balaban J connectivity index is 1.85. The number of imidazole rings is 1. The van der Waals surface area contributed by atoms with Gasteiger partial charge in [-0.25, -0.2) is 4.98 Å². The summed E-state index contributed by atoms with van der Waals surface area (Å²) in [6.45, 7) is 0.841. The van der Waals surface area contributed by atoms with E-state index in [0.29, 0.717) is 5.95 Å². The second-order valence-electron chi connectivity index (χ2n) is 4.49. The Hall–Kier alpha value is -1.81. The van der Waals surface area contributed by atoms with Crippen LogP contribution >= 0.6 is 15.9 Å². The van der Waals surface area contributed by atoms with Gasteiger partial charge in [0, 0.05) is 11.0 Å². The maximum Gasteiger partial charge on any atom is 0.201 e. The number of hydrogen-bond acceptors (Lipinski definition) is 2. The number of aromatic nitrogens is 2. The lowest BCUT2D eigenvalue weighted by molar-refractivity contribution is 0.726. The third-order valence-electron chi connectivity index (χ3n) is 3.22. The largest absolute Gasteiger partial charge is 0.369 e. The van der Waals surface area contributed by atoms with Gasteiger partial charge in [0.15, 0.2) is 0 Å². The van der Waals surface area contributed by atoms with Gasteiger partial charge in [0.25, 0.3) is 0 Å². The fraction of sp³-hybridized carbons (Fsp3) is 0.133. The molecular weight excluding hydrogens is 302 g/mol. The zero-order valence-electron chi connectivity index (χ0n) is 10.4. The number of nitrogen functional groups attached to an aromatic ring is 1. The number of benzene rings is 2. The fourth-order valence-corrected chi connectivity index (χ4v) is 2.49. The first kappa shape index (κ1) is 12.2. The maximum atomic E-state index is 5.99. The number of anilines is 1. The van der Waals surface area contributed by atoms with Gasteiger partial charge in [-0.15, -0.1) is 0 Å². The Morgan fingerprint density at radius 1 is 1.05 bits per heavy atom. The average molecular weight is 316 g/mol. The molecule has 2 aromatic carbocycles. The lowest BCUT2D eigenvalue weighted by atomic mass is 10.1. The molecule has 0 bridgehead atoms. The first-order chi connectivity index (χ1) is 9.24. The second-order valence-corrected chi connectivity index (χ2v) is 5.40. The predicted molar refractivity (Wildman–Crippen MR) is 82.0 cm³/mol. The molecule has 0 aliphatic carbocycles. The van der Waals surface area contributed by atoms with Gasteiger partial charge >= 0.3 is 0 Å². The number of fused-ring (bicyclic) bond motifs is 1. The van der Waals surface area contributed by atoms with Crippen molar-refractivity contribution >= 4 is 32.9 Å². The monoisotopic (exact) mass is 315 g/mol. The first-order valence-electron chi connectivity index (χ1n) is 6.19. The summed E-state index contributed by atoms with van der Waals surface area (Å²) in [6, 6.07) is 16.4. The minimum absolute atomic E-state index is 0.582. The summed E-state index contributed by atoms with van der Waals surface area (Å²) in [4.78, 5) is 4.37. The van der Waals surface area contributed by atoms with Crippen molar-refractivity contribution in [3.05, 3.63) is 58.6 Å². The Kier molecular flexibility index (Phi) is 3.25. The van der Waals surface area contributed by atoms with Gasteiger partial charge in [0.2, 0.25) is 5.95 Å². The van der Waals surface area contributed by atoms with E-state index in [-0.39, 0.29) is 0 Å². The Bertz CT molecular complexity index is 701. The zero-order chi connectivity index (χ0) is 13.2. The molecule has 2 N–H and O–H groups in total. The van der Waals surface area contributed by atoms with E-state index in [0.717, 1.165) is 28.5 Å². The molecule has 0 radical (unpaired) electrons. The third kappa shape index (κ3) is 2.49. The number of halogens is 1.